The van der Waals surface area contributed by atoms with Crippen LogP contribution < -0.4 is 9.64 Å². The number of carbonyl (C=O) groups is 1. The number of benzene rings is 1. The van der Waals surface area contributed by atoms with Gasteiger partial charge in [-0.05, 0) is 45.0 Å². The standard InChI is InChI=1S/C21H24FN7O3/c1-21(2,3)32-20(30)28-10-8-27(9-11-28)19-25-17(29-13-23-24-14-29)12-18(26-19)31-16-6-4-15(22)5-7-16/h4-7,12-14H,8-11H2,1-3H3. The van der Waals surface area contributed by atoms with Gasteiger partial charge in [0.15, 0.2) is 0 Å². The molecule has 0 saturated carbocycles. The van der Waals surface area contributed by atoms with E-state index in [9.17, 15) is 9.18 Å². The molecule has 0 radical (unpaired) electrons. The molecule has 2 aromatic heterocycles. The highest BCUT2D eigenvalue weighted by atomic mass is 19.1. The zero-order valence-electron chi connectivity index (χ0n) is 18.1. The molecule has 3 heterocycles. The van der Waals surface area contributed by atoms with Gasteiger partial charge < -0.3 is 19.3 Å². The van der Waals surface area contributed by atoms with Crippen LogP contribution in [0.1, 0.15) is 20.8 Å². The molecule has 0 spiro atoms. The average Bonchev–Trinajstić information content (AvgIpc) is 3.29. The highest BCUT2D eigenvalue weighted by Gasteiger charge is 2.27. The van der Waals surface area contributed by atoms with E-state index in [2.05, 4.69) is 20.2 Å². The van der Waals surface area contributed by atoms with Gasteiger partial charge in [0, 0.05) is 32.2 Å². The van der Waals surface area contributed by atoms with Crippen molar-refractivity contribution in [3.05, 3.63) is 48.8 Å². The van der Waals surface area contributed by atoms with Crippen molar-refractivity contribution in [2.75, 3.05) is 31.1 Å². The van der Waals surface area contributed by atoms with Crippen molar-refractivity contribution in [1.82, 2.24) is 29.6 Å². The molecule has 4 rings (SSSR count). The number of aromatic nitrogens is 5. The minimum absolute atomic E-state index is 0.292. The van der Waals surface area contributed by atoms with Crippen molar-refractivity contribution in [2.45, 2.75) is 26.4 Å². The zero-order valence-corrected chi connectivity index (χ0v) is 18.1. The molecule has 1 saturated heterocycles. The van der Waals surface area contributed by atoms with E-state index in [1.165, 1.54) is 36.9 Å². The molecule has 3 aromatic rings. The minimum Gasteiger partial charge on any atom is -0.444 e. The van der Waals surface area contributed by atoms with E-state index in [1.54, 1.807) is 15.5 Å². The van der Waals surface area contributed by atoms with Gasteiger partial charge in [-0.3, -0.25) is 4.57 Å². The van der Waals surface area contributed by atoms with Crippen LogP contribution in [0.4, 0.5) is 15.1 Å². The zero-order chi connectivity index (χ0) is 22.7. The van der Waals surface area contributed by atoms with Crippen LogP contribution in [-0.2, 0) is 4.74 Å². The maximum atomic E-state index is 13.2. The Balaban J connectivity index is 1.53. The summed E-state index contributed by atoms with van der Waals surface area (Å²) < 4.78 is 26.1. The first-order chi connectivity index (χ1) is 15.3. The lowest BCUT2D eigenvalue weighted by Gasteiger charge is -2.35. The van der Waals surface area contributed by atoms with Gasteiger partial charge >= 0.3 is 6.09 Å². The van der Waals surface area contributed by atoms with Crippen molar-refractivity contribution in [3.8, 4) is 17.4 Å². The van der Waals surface area contributed by atoms with Crippen LogP contribution in [0.2, 0.25) is 0 Å². The number of rotatable bonds is 4. The van der Waals surface area contributed by atoms with Crippen LogP contribution in [0.3, 0.4) is 0 Å². The van der Waals surface area contributed by atoms with Gasteiger partial charge in [0.2, 0.25) is 11.8 Å². The van der Waals surface area contributed by atoms with Gasteiger partial charge in [-0.1, -0.05) is 0 Å². The number of nitrogens with zero attached hydrogens (tertiary/aromatic N) is 7. The molecule has 1 aliphatic heterocycles. The molecule has 0 atom stereocenters. The molecular formula is C21H24FN7O3. The smallest absolute Gasteiger partial charge is 0.410 e. The Morgan fingerprint density at radius 3 is 2.28 bits per heavy atom. The molecular weight excluding hydrogens is 417 g/mol. The van der Waals surface area contributed by atoms with Crippen molar-refractivity contribution in [1.29, 1.82) is 0 Å². The maximum Gasteiger partial charge on any atom is 0.410 e. The molecule has 32 heavy (non-hydrogen) atoms. The molecule has 1 aromatic carbocycles. The molecule has 0 bridgehead atoms. The third-order valence-corrected chi connectivity index (χ3v) is 4.61. The van der Waals surface area contributed by atoms with Crippen LogP contribution in [0.5, 0.6) is 11.6 Å². The first-order valence-corrected chi connectivity index (χ1v) is 10.2. The second-order valence-electron chi connectivity index (χ2n) is 8.24. The fraction of sp³-hybridized carbons (Fsp3) is 0.381. The number of carbonyl (C=O) groups excluding carboxylic acids is 1. The summed E-state index contributed by atoms with van der Waals surface area (Å²) in [5.74, 6) is 1.35. The lowest BCUT2D eigenvalue weighted by Crippen LogP contribution is -2.50. The van der Waals surface area contributed by atoms with Gasteiger partial charge in [0.1, 0.15) is 35.6 Å². The molecule has 1 fully saturated rings. The van der Waals surface area contributed by atoms with Crippen LogP contribution in [0.15, 0.2) is 43.0 Å². The van der Waals surface area contributed by atoms with Crippen molar-refractivity contribution >= 4 is 12.0 Å². The number of piperazine rings is 1. The normalized spacial score (nSPS) is 14.4. The molecule has 168 valence electrons. The van der Waals surface area contributed by atoms with Crippen LogP contribution in [-0.4, -0.2) is 67.5 Å². The summed E-state index contributed by atoms with van der Waals surface area (Å²) >= 11 is 0. The summed E-state index contributed by atoms with van der Waals surface area (Å²) in [6.07, 6.45) is 2.71. The van der Waals surface area contributed by atoms with Crippen LogP contribution in [0.25, 0.3) is 5.82 Å². The number of anilines is 1. The Morgan fingerprint density at radius 2 is 1.66 bits per heavy atom. The van der Waals surface area contributed by atoms with Gasteiger partial charge in [-0.25, -0.2) is 9.18 Å². The first-order valence-electron chi connectivity index (χ1n) is 10.2. The Labute approximate surface area is 184 Å². The number of hydrogen-bond donors (Lipinski definition) is 0. The fourth-order valence-corrected chi connectivity index (χ4v) is 3.08. The van der Waals surface area contributed by atoms with Gasteiger partial charge in [0.25, 0.3) is 0 Å². The van der Waals surface area contributed by atoms with Crippen LogP contribution >= 0.6 is 0 Å². The molecule has 1 amide bonds. The summed E-state index contributed by atoms with van der Waals surface area (Å²) in [5, 5.41) is 7.64. The molecule has 1 aliphatic rings. The third-order valence-electron chi connectivity index (χ3n) is 4.61. The fourth-order valence-electron chi connectivity index (χ4n) is 3.08. The van der Waals surface area contributed by atoms with E-state index in [0.717, 1.165) is 0 Å². The van der Waals surface area contributed by atoms with Crippen LogP contribution in [0, 0.1) is 5.82 Å². The quantitative estimate of drug-likeness (QED) is 0.609. The minimum atomic E-state index is -0.545. The predicted octanol–water partition coefficient (Wildman–Crippen LogP) is 3.05. The van der Waals surface area contributed by atoms with Crippen molar-refractivity contribution in [3.63, 3.8) is 0 Å². The summed E-state index contributed by atoms with van der Waals surface area (Å²) in [5.41, 5.74) is -0.545. The number of amides is 1. The topological polar surface area (TPSA) is 98.5 Å². The van der Waals surface area contributed by atoms with E-state index >= 15 is 0 Å². The number of ether oxygens (including phenoxy) is 2. The summed E-state index contributed by atoms with van der Waals surface area (Å²) in [7, 11) is 0. The van der Waals surface area contributed by atoms with E-state index < -0.39 is 5.60 Å². The molecule has 0 N–H and O–H groups in total. The SMILES string of the molecule is CC(C)(C)OC(=O)N1CCN(c2nc(Oc3ccc(F)cc3)cc(-n3cnnc3)n2)CC1. The highest BCUT2D eigenvalue weighted by molar-refractivity contribution is 5.68. The maximum absolute atomic E-state index is 13.2. The number of hydrogen-bond acceptors (Lipinski definition) is 8. The lowest BCUT2D eigenvalue weighted by molar-refractivity contribution is 0.0240. The van der Waals surface area contributed by atoms with Gasteiger partial charge in [0.05, 0.1) is 0 Å². The second-order valence-corrected chi connectivity index (χ2v) is 8.24. The Morgan fingerprint density at radius 1 is 1.00 bits per heavy atom. The monoisotopic (exact) mass is 441 g/mol. The van der Waals surface area contributed by atoms with E-state index in [4.69, 9.17) is 9.47 Å². The lowest BCUT2D eigenvalue weighted by atomic mass is 10.2. The van der Waals surface area contributed by atoms with Gasteiger partial charge in [-0.15, -0.1) is 10.2 Å². The van der Waals surface area contributed by atoms with Crippen molar-refractivity contribution < 1.29 is 18.7 Å². The Hall–Kier alpha value is -3.76. The summed E-state index contributed by atoms with van der Waals surface area (Å²) in [6.45, 7) is 7.53. The van der Waals surface area contributed by atoms with E-state index in [0.29, 0.717) is 49.6 Å². The summed E-state index contributed by atoms with van der Waals surface area (Å²) in [6, 6.07) is 7.32. The molecule has 10 nitrogen and oxygen atoms in total. The largest absolute Gasteiger partial charge is 0.444 e. The van der Waals surface area contributed by atoms with Crippen molar-refractivity contribution in [2.24, 2.45) is 0 Å². The second kappa shape index (κ2) is 8.77. The van der Waals surface area contributed by atoms with Gasteiger partial charge in [-0.2, -0.15) is 9.97 Å². The predicted molar refractivity (Wildman–Crippen MR) is 113 cm³/mol. The third kappa shape index (κ3) is 5.29. The van der Waals surface area contributed by atoms with E-state index in [-0.39, 0.29) is 11.9 Å². The van der Waals surface area contributed by atoms with E-state index in [1.807, 2.05) is 25.7 Å². The number of halogens is 1. The summed E-state index contributed by atoms with van der Waals surface area (Å²) in [4.78, 5) is 25.1. The Bertz CT molecular complexity index is 1060. The molecule has 11 heteroatoms. The molecule has 0 unspecified atom stereocenters. The molecule has 0 aliphatic carbocycles. The first kappa shape index (κ1) is 21.5. The Kier molecular flexibility index (Phi) is 5.89. The average molecular weight is 441 g/mol. The highest BCUT2D eigenvalue weighted by Crippen LogP contribution is 2.25.